The molecule has 0 atom stereocenters. The van der Waals surface area contributed by atoms with Crippen LogP contribution in [0, 0.1) is 0 Å². The van der Waals surface area contributed by atoms with Crippen molar-refractivity contribution in [2.45, 2.75) is 45.6 Å². The highest BCUT2D eigenvalue weighted by Crippen LogP contribution is 2.35. The first kappa shape index (κ1) is 14.2. The smallest absolute Gasteiger partial charge is 0.124 e. The fraction of sp³-hybridized carbons (Fsp3) is 0.625. The second-order valence-electron chi connectivity index (χ2n) is 5.63. The van der Waals surface area contributed by atoms with Gasteiger partial charge < -0.3 is 15.4 Å². The van der Waals surface area contributed by atoms with Gasteiger partial charge in [0.2, 0.25) is 0 Å². The van der Waals surface area contributed by atoms with Gasteiger partial charge in [-0.3, -0.25) is 0 Å². The molecule has 0 amide bonds. The van der Waals surface area contributed by atoms with Crippen LogP contribution in [0.2, 0.25) is 0 Å². The van der Waals surface area contributed by atoms with Gasteiger partial charge in [0.1, 0.15) is 5.75 Å². The Morgan fingerprint density at radius 1 is 1.32 bits per heavy atom. The van der Waals surface area contributed by atoms with E-state index in [9.17, 15) is 0 Å². The normalized spacial score (nSPS) is 17.9. The Balaban J connectivity index is 2.10. The van der Waals surface area contributed by atoms with Gasteiger partial charge in [0.05, 0.1) is 6.61 Å². The lowest BCUT2D eigenvalue weighted by molar-refractivity contribution is 0.170. The number of ether oxygens (including phenoxy) is 1. The summed E-state index contributed by atoms with van der Waals surface area (Å²) in [4.78, 5) is 2.55. The van der Waals surface area contributed by atoms with Crippen molar-refractivity contribution in [2.24, 2.45) is 0 Å². The molecule has 3 heteroatoms. The Morgan fingerprint density at radius 3 is 2.58 bits per heavy atom. The first-order chi connectivity index (χ1) is 9.11. The first-order valence-corrected chi connectivity index (χ1v) is 7.38. The number of likely N-dealkylation sites (tertiary alicyclic amines) is 1. The van der Waals surface area contributed by atoms with Crippen LogP contribution in [0.5, 0.6) is 5.75 Å². The largest absolute Gasteiger partial charge is 0.494 e. The lowest BCUT2D eigenvalue weighted by Crippen LogP contribution is -2.37. The molecule has 19 heavy (non-hydrogen) atoms. The summed E-state index contributed by atoms with van der Waals surface area (Å²) in [5, 5.41) is 0. The Bertz CT molecular complexity index is 409. The monoisotopic (exact) mass is 262 g/mol. The zero-order valence-electron chi connectivity index (χ0n) is 12.4. The second kappa shape index (κ2) is 6.29. The quantitative estimate of drug-likeness (QED) is 0.846. The summed E-state index contributed by atoms with van der Waals surface area (Å²) in [7, 11) is 0. The maximum Gasteiger partial charge on any atom is 0.124 e. The predicted octanol–water partition coefficient (Wildman–Crippen LogP) is 3.26. The van der Waals surface area contributed by atoms with Gasteiger partial charge in [-0.05, 0) is 64.3 Å². The van der Waals surface area contributed by atoms with Crippen molar-refractivity contribution in [3.05, 3.63) is 23.8 Å². The molecule has 1 aliphatic rings. The average Bonchev–Trinajstić information content (AvgIpc) is 2.39. The second-order valence-corrected chi connectivity index (χ2v) is 5.63. The van der Waals surface area contributed by atoms with E-state index in [0.717, 1.165) is 11.4 Å². The summed E-state index contributed by atoms with van der Waals surface area (Å²) < 4.78 is 5.75. The molecule has 1 heterocycles. The molecule has 1 aromatic carbocycles. The minimum atomic E-state index is 0.608. The zero-order chi connectivity index (χ0) is 13.8. The molecule has 2 rings (SSSR count). The molecule has 0 aromatic heterocycles. The van der Waals surface area contributed by atoms with E-state index < -0.39 is 0 Å². The molecule has 1 fully saturated rings. The lowest BCUT2D eigenvalue weighted by Gasteiger charge is -2.35. The number of nitrogens with two attached hydrogens (primary N) is 1. The van der Waals surface area contributed by atoms with Crippen LogP contribution in [0.1, 0.15) is 45.1 Å². The zero-order valence-corrected chi connectivity index (χ0v) is 12.4. The summed E-state index contributed by atoms with van der Waals surface area (Å²) in [6.45, 7) is 9.62. The third kappa shape index (κ3) is 3.41. The lowest BCUT2D eigenvalue weighted by atomic mass is 9.88. The van der Waals surface area contributed by atoms with Crippen LogP contribution in [0.3, 0.4) is 0 Å². The highest BCUT2D eigenvalue weighted by Gasteiger charge is 2.24. The standard InChI is InChI=1S/C16H26N2O/c1-4-19-16-11-14(17)5-6-15(16)13-7-9-18(10-8-13)12(2)3/h5-6,11-13H,4,7-10,17H2,1-3H3. The van der Waals surface area contributed by atoms with Gasteiger partial charge in [0.25, 0.3) is 0 Å². The summed E-state index contributed by atoms with van der Waals surface area (Å²) in [6.07, 6.45) is 2.42. The molecule has 0 radical (unpaired) electrons. The third-order valence-electron chi connectivity index (χ3n) is 4.04. The maximum absolute atomic E-state index is 5.86. The number of hydrogen-bond acceptors (Lipinski definition) is 3. The fourth-order valence-electron chi connectivity index (χ4n) is 2.90. The number of nitrogen functional groups attached to an aromatic ring is 1. The van der Waals surface area contributed by atoms with E-state index in [1.807, 2.05) is 19.1 Å². The number of nitrogens with zero attached hydrogens (tertiary/aromatic N) is 1. The third-order valence-corrected chi connectivity index (χ3v) is 4.04. The van der Waals surface area contributed by atoms with Crippen molar-refractivity contribution in [2.75, 3.05) is 25.4 Å². The van der Waals surface area contributed by atoms with E-state index >= 15 is 0 Å². The van der Waals surface area contributed by atoms with Crippen molar-refractivity contribution < 1.29 is 4.74 Å². The highest BCUT2D eigenvalue weighted by molar-refractivity contribution is 5.49. The minimum absolute atomic E-state index is 0.608. The van der Waals surface area contributed by atoms with E-state index in [4.69, 9.17) is 10.5 Å². The van der Waals surface area contributed by atoms with E-state index in [2.05, 4.69) is 24.8 Å². The van der Waals surface area contributed by atoms with E-state index in [1.165, 1.54) is 31.5 Å². The van der Waals surface area contributed by atoms with E-state index in [0.29, 0.717) is 18.6 Å². The Labute approximate surface area is 116 Å². The highest BCUT2D eigenvalue weighted by atomic mass is 16.5. The molecule has 2 N–H and O–H groups in total. The van der Waals surface area contributed by atoms with E-state index in [1.54, 1.807) is 0 Å². The molecular weight excluding hydrogens is 236 g/mol. The van der Waals surface area contributed by atoms with E-state index in [-0.39, 0.29) is 0 Å². The van der Waals surface area contributed by atoms with Crippen LogP contribution in [-0.4, -0.2) is 30.6 Å². The number of benzene rings is 1. The minimum Gasteiger partial charge on any atom is -0.494 e. The molecule has 1 aromatic rings. The van der Waals surface area contributed by atoms with Gasteiger partial charge in [-0.2, -0.15) is 0 Å². The molecular formula is C16H26N2O. The van der Waals surface area contributed by atoms with Gasteiger partial charge >= 0.3 is 0 Å². The molecule has 1 saturated heterocycles. The molecule has 0 saturated carbocycles. The van der Waals surface area contributed by atoms with Crippen molar-refractivity contribution in [1.29, 1.82) is 0 Å². The maximum atomic E-state index is 5.86. The number of rotatable bonds is 4. The van der Waals surface area contributed by atoms with Crippen LogP contribution in [-0.2, 0) is 0 Å². The average molecular weight is 262 g/mol. The van der Waals surface area contributed by atoms with Crippen LogP contribution in [0.15, 0.2) is 18.2 Å². The molecule has 106 valence electrons. The number of anilines is 1. The molecule has 0 unspecified atom stereocenters. The van der Waals surface area contributed by atoms with Gasteiger partial charge in [0, 0.05) is 17.8 Å². The molecule has 0 aliphatic carbocycles. The van der Waals surface area contributed by atoms with Crippen molar-refractivity contribution in [3.8, 4) is 5.75 Å². The van der Waals surface area contributed by atoms with Gasteiger partial charge in [-0.1, -0.05) is 6.07 Å². The number of hydrogen-bond donors (Lipinski definition) is 1. The summed E-state index contributed by atoms with van der Waals surface area (Å²) >= 11 is 0. The molecule has 0 bridgehead atoms. The van der Waals surface area contributed by atoms with Crippen molar-refractivity contribution in [1.82, 2.24) is 4.90 Å². The Kier molecular flexibility index (Phi) is 4.70. The van der Waals surface area contributed by atoms with Crippen molar-refractivity contribution >= 4 is 5.69 Å². The van der Waals surface area contributed by atoms with Crippen LogP contribution < -0.4 is 10.5 Å². The first-order valence-electron chi connectivity index (χ1n) is 7.38. The number of piperidine rings is 1. The van der Waals surface area contributed by atoms with Gasteiger partial charge in [-0.15, -0.1) is 0 Å². The van der Waals surface area contributed by atoms with Crippen molar-refractivity contribution in [3.63, 3.8) is 0 Å². The summed E-state index contributed by atoms with van der Waals surface area (Å²) in [5.74, 6) is 1.59. The molecule has 3 nitrogen and oxygen atoms in total. The van der Waals surface area contributed by atoms with Gasteiger partial charge in [-0.25, -0.2) is 0 Å². The Morgan fingerprint density at radius 2 is 2.00 bits per heavy atom. The Hall–Kier alpha value is -1.22. The predicted molar refractivity (Wildman–Crippen MR) is 80.7 cm³/mol. The SMILES string of the molecule is CCOc1cc(N)ccc1C1CCN(C(C)C)CC1. The van der Waals surface area contributed by atoms with Gasteiger partial charge in [0.15, 0.2) is 0 Å². The summed E-state index contributed by atoms with van der Waals surface area (Å²) in [5.41, 5.74) is 7.98. The van der Waals surface area contributed by atoms with Crippen LogP contribution in [0.4, 0.5) is 5.69 Å². The fourth-order valence-corrected chi connectivity index (χ4v) is 2.90. The summed E-state index contributed by atoms with van der Waals surface area (Å²) in [6, 6.07) is 6.76. The molecule has 0 spiro atoms. The molecule has 1 aliphatic heterocycles. The van der Waals surface area contributed by atoms with Crippen LogP contribution in [0.25, 0.3) is 0 Å². The topological polar surface area (TPSA) is 38.5 Å². The van der Waals surface area contributed by atoms with Crippen LogP contribution >= 0.6 is 0 Å².